The molecule has 2 aliphatic carbocycles. The van der Waals surface area contributed by atoms with Gasteiger partial charge in [0.05, 0.1) is 23.9 Å². The Balaban J connectivity index is 1.68. The Kier molecular flexibility index (Phi) is 5.77. The summed E-state index contributed by atoms with van der Waals surface area (Å²) in [6.07, 6.45) is -4.35. The van der Waals surface area contributed by atoms with E-state index >= 15 is 0 Å². The molecule has 190 valence electrons. The number of benzene rings is 2. The summed E-state index contributed by atoms with van der Waals surface area (Å²) in [4.78, 5) is 39.4. The lowest BCUT2D eigenvalue weighted by Gasteiger charge is -2.42. The van der Waals surface area contributed by atoms with Gasteiger partial charge in [-0.05, 0) is 19.4 Å². The highest BCUT2D eigenvalue weighted by Gasteiger charge is 2.49. The molecule has 1 heterocycles. The van der Waals surface area contributed by atoms with Crippen molar-refractivity contribution in [2.75, 3.05) is 0 Å². The third-order valence-electron chi connectivity index (χ3n) is 7.50. The Labute approximate surface area is 206 Å². The summed E-state index contributed by atoms with van der Waals surface area (Å²) < 4.78 is 11.8. The maximum atomic E-state index is 13.6. The normalized spacial score (nSPS) is 31.4. The number of fused-ring (bicyclic) bond motifs is 4. The van der Waals surface area contributed by atoms with E-state index in [9.17, 15) is 34.8 Å². The number of carbonyl (C=O) groups is 3. The van der Waals surface area contributed by atoms with Gasteiger partial charge in [0, 0.05) is 47.6 Å². The molecular formula is C26H27NO9. The molecule has 3 aliphatic rings. The Morgan fingerprint density at radius 2 is 1.72 bits per heavy atom. The second-order valence-electron chi connectivity index (χ2n) is 9.80. The molecule has 0 bridgehead atoms. The van der Waals surface area contributed by atoms with Crippen molar-refractivity contribution in [3.63, 3.8) is 0 Å². The first kappa shape index (κ1) is 24.5. The van der Waals surface area contributed by atoms with Crippen LogP contribution in [-0.4, -0.2) is 67.9 Å². The van der Waals surface area contributed by atoms with Crippen molar-refractivity contribution in [2.24, 2.45) is 5.73 Å². The lowest BCUT2D eigenvalue weighted by molar-refractivity contribution is -0.247. The van der Waals surface area contributed by atoms with Crippen molar-refractivity contribution < 1.29 is 44.3 Å². The molecule has 2 aromatic carbocycles. The van der Waals surface area contributed by atoms with Crippen LogP contribution in [0.5, 0.6) is 11.5 Å². The van der Waals surface area contributed by atoms with Gasteiger partial charge >= 0.3 is 0 Å². The van der Waals surface area contributed by atoms with E-state index in [1.807, 2.05) is 0 Å². The fraction of sp³-hybridized carbons (Fsp3) is 0.423. The Morgan fingerprint density at radius 3 is 2.31 bits per heavy atom. The molecule has 0 radical (unpaired) electrons. The lowest BCUT2D eigenvalue weighted by atomic mass is 9.70. The van der Waals surface area contributed by atoms with Crippen LogP contribution in [0, 0.1) is 0 Å². The average molecular weight is 498 g/mol. The number of hydrogen-bond acceptors (Lipinski definition) is 10. The summed E-state index contributed by atoms with van der Waals surface area (Å²) in [5.74, 6) is -3.28. The number of nitrogens with two attached hydrogens (primary N) is 1. The highest BCUT2D eigenvalue weighted by molar-refractivity contribution is 6.30. The van der Waals surface area contributed by atoms with Crippen LogP contribution in [0.2, 0.25) is 0 Å². The van der Waals surface area contributed by atoms with Crippen LogP contribution in [0.3, 0.4) is 0 Å². The van der Waals surface area contributed by atoms with E-state index in [-0.39, 0.29) is 52.6 Å². The lowest BCUT2D eigenvalue weighted by Crippen LogP contribution is -2.52. The van der Waals surface area contributed by atoms with Gasteiger partial charge in [-0.15, -0.1) is 0 Å². The van der Waals surface area contributed by atoms with Crippen LogP contribution in [0.15, 0.2) is 24.3 Å². The smallest absolute Gasteiger partial charge is 0.198 e. The van der Waals surface area contributed by atoms with Crippen molar-refractivity contribution in [3.05, 3.63) is 57.6 Å². The van der Waals surface area contributed by atoms with Gasteiger partial charge in [-0.1, -0.05) is 24.3 Å². The highest BCUT2D eigenvalue weighted by atomic mass is 16.7. The van der Waals surface area contributed by atoms with Crippen LogP contribution in [0.4, 0.5) is 0 Å². The zero-order valence-electron chi connectivity index (χ0n) is 19.7. The molecule has 36 heavy (non-hydrogen) atoms. The molecule has 10 heteroatoms. The predicted octanol–water partition coefficient (Wildman–Crippen LogP) is 1.02. The van der Waals surface area contributed by atoms with Crippen LogP contribution >= 0.6 is 0 Å². The van der Waals surface area contributed by atoms with Crippen LogP contribution < -0.4 is 5.73 Å². The summed E-state index contributed by atoms with van der Waals surface area (Å²) in [6, 6.07) is 5.43. The number of aliphatic hydroxyl groups excluding tert-OH is 1. The number of carbonyl (C=O) groups excluding carboxylic acids is 3. The molecule has 1 aliphatic heterocycles. The second kappa shape index (κ2) is 8.46. The van der Waals surface area contributed by atoms with Crippen molar-refractivity contribution in [1.29, 1.82) is 0 Å². The number of ether oxygens (including phenoxy) is 2. The first-order valence-electron chi connectivity index (χ1n) is 11.7. The first-order valence-corrected chi connectivity index (χ1v) is 11.7. The van der Waals surface area contributed by atoms with Gasteiger partial charge in [0.2, 0.25) is 0 Å². The zero-order valence-corrected chi connectivity index (χ0v) is 19.7. The minimum Gasteiger partial charge on any atom is -0.504 e. The molecule has 0 amide bonds. The van der Waals surface area contributed by atoms with Gasteiger partial charge < -0.3 is 35.6 Å². The van der Waals surface area contributed by atoms with E-state index in [0.717, 1.165) is 0 Å². The standard InChI is InChI=1S/C26H27NO9/c1-10-21(29)15(27)7-17(35-10)36-16-9-26(34,11(2)28)8-14-18(16)24(32)25(33)20-19(14)22(30)12-5-3-4-6-13(12)23(20)31/h3-6,10,15-17,21,29,32-34H,7-9,27H2,1-2H3/t10-,15-,16-,17-,21+,26-/m0/s1. The molecule has 0 saturated carbocycles. The van der Waals surface area contributed by atoms with Crippen molar-refractivity contribution in [1.82, 2.24) is 0 Å². The number of aromatic hydroxyl groups is 2. The van der Waals surface area contributed by atoms with Crippen molar-refractivity contribution in [2.45, 2.75) is 69.4 Å². The van der Waals surface area contributed by atoms with Gasteiger partial charge in [0.1, 0.15) is 5.60 Å². The Morgan fingerprint density at radius 1 is 1.11 bits per heavy atom. The van der Waals surface area contributed by atoms with Crippen molar-refractivity contribution >= 4 is 17.3 Å². The minimum absolute atomic E-state index is 0.00588. The number of phenols is 2. The first-order chi connectivity index (χ1) is 16.9. The predicted molar refractivity (Wildman–Crippen MR) is 124 cm³/mol. The number of Topliss-reactive ketones (excluding diaryl/α,β-unsaturated/α-hetero) is 1. The van der Waals surface area contributed by atoms with Gasteiger partial charge in [0.15, 0.2) is 35.1 Å². The topological polar surface area (TPSA) is 177 Å². The second-order valence-corrected chi connectivity index (χ2v) is 9.80. The maximum Gasteiger partial charge on any atom is 0.198 e. The molecule has 1 fully saturated rings. The van der Waals surface area contributed by atoms with Crippen LogP contribution in [0.1, 0.15) is 75.8 Å². The van der Waals surface area contributed by atoms with E-state index in [1.165, 1.54) is 19.1 Å². The van der Waals surface area contributed by atoms with E-state index in [2.05, 4.69) is 0 Å². The molecule has 0 aromatic heterocycles. The maximum absolute atomic E-state index is 13.6. The van der Waals surface area contributed by atoms with Gasteiger partial charge in [0.25, 0.3) is 0 Å². The fourth-order valence-electron chi connectivity index (χ4n) is 5.46. The molecular weight excluding hydrogens is 470 g/mol. The monoisotopic (exact) mass is 497 g/mol. The highest BCUT2D eigenvalue weighted by Crippen LogP contribution is 2.52. The third kappa shape index (κ3) is 3.56. The molecule has 6 N–H and O–H groups in total. The van der Waals surface area contributed by atoms with Gasteiger partial charge in [-0.3, -0.25) is 14.4 Å². The summed E-state index contributed by atoms with van der Waals surface area (Å²) in [6.45, 7) is 2.81. The molecule has 2 aromatic rings. The van der Waals surface area contributed by atoms with E-state index in [0.29, 0.717) is 0 Å². The number of ketones is 3. The molecule has 0 spiro atoms. The Hall–Kier alpha value is -3.15. The quantitative estimate of drug-likeness (QED) is 0.328. The molecule has 5 rings (SSSR count). The summed E-state index contributed by atoms with van der Waals surface area (Å²) >= 11 is 0. The van der Waals surface area contributed by atoms with E-state index in [4.69, 9.17) is 15.2 Å². The van der Waals surface area contributed by atoms with Crippen molar-refractivity contribution in [3.8, 4) is 11.5 Å². The van der Waals surface area contributed by atoms with E-state index in [1.54, 1.807) is 19.1 Å². The fourth-order valence-corrected chi connectivity index (χ4v) is 5.46. The van der Waals surface area contributed by atoms with Gasteiger partial charge in [-0.2, -0.15) is 0 Å². The molecule has 6 atom stereocenters. The van der Waals surface area contributed by atoms with Crippen LogP contribution in [0.25, 0.3) is 0 Å². The molecule has 1 saturated heterocycles. The molecule has 10 nitrogen and oxygen atoms in total. The Bertz CT molecular complexity index is 1290. The van der Waals surface area contributed by atoms with Gasteiger partial charge in [-0.25, -0.2) is 0 Å². The minimum atomic E-state index is -1.98. The molecule has 0 unspecified atom stereocenters. The number of aliphatic hydroxyl groups is 2. The number of rotatable bonds is 3. The third-order valence-corrected chi connectivity index (χ3v) is 7.50. The summed E-state index contributed by atoms with van der Waals surface area (Å²) in [7, 11) is 0. The summed E-state index contributed by atoms with van der Waals surface area (Å²) in [5.41, 5.74) is 3.70. The SMILES string of the molecule is CC(=O)[C@]1(O)Cc2c3c(c(O)c(O)c2[C@@H](O[C@H]2C[C@H](N)[C@H](O)[C@H](C)O2)C1)C(=O)c1ccccc1C3=O. The number of phenolic OH excluding ortho intramolecular Hbond substituents is 2. The van der Waals surface area contributed by atoms with Crippen LogP contribution in [-0.2, 0) is 20.7 Å². The number of hydrogen-bond donors (Lipinski definition) is 5. The average Bonchev–Trinajstić information content (AvgIpc) is 2.82. The van der Waals surface area contributed by atoms with E-state index < -0.39 is 65.1 Å². The largest absolute Gasteiger partial charge is 0.504 e. The zero-order chi connectivity index (χ0) is 26.1. The summed E-state index contributed by atoms with van der Waals surface area (Å²) in [5, 5.41) is 43.3.